The summed E-state index contributed by atoms with van der Waals surface area (Å²) in [6.45, 7) is 0.703. The van der Waals surface area contributed by atoms with Gasteiger partial charge in [-0.05, 0) is 30.9 Å². The van der Waals surface area contributed by atoms with Crippen LogP contribution in [0, 0.1) is 5.92 Å². The largest absolute Gasteiger partial charge is 0.281 e. The first kappa shape index (κ1) is 17.4. The molecule has 1 aliphatic heterocycles. The molecule has 1 saturated heterocycles. The second kappa shape index (κ2) is 6.66. The zero-order chi connectivity index (χ0) is 16.4. The van der Waals surface area contributed by atoms with Gasteiger partial charge < -0.3 is 0 Å². The van der Waals surface area contributed by atoms with E-state index in [4.69, 9.17) is 0 Å². The Kier molecular flexibility index (Phi) is 5.26. The van der Waals surface area contributed by atoms with Gasteiger partial charge in [-0.1, -0.05) is 18.2 Å². The number of rotatable bonds is 5. The topological polar surface area (TPSA) is 74.8 Å². The van der Waals surface area contributed by atoms with E-state index in [1.807, 2.05) is 0 Å². The first-order chi connectivity index (χ1) is 10.2. The van der Waals surface area contributed by atoms with Crippen LogP contribution in [0.15, 0.2) is 35.2 Å². The molecule has 1 fully saturated rings. The lowest BCUT2D eigenvalue weighted by molar-refractivity contribution is 0.269. The molecule has 1 aromatic rings. The molecule has 124 valence electrons. The monoisotopic (exact) mass is 346 g/mol. The van der Waals surface area contributed by atoms with Crippen molar-refractivity contribution in [2.24, 2.45) is 5.92 Å². The maximum atomic E-state index is 12.4. The Balaban J connectivity index is 2.11. The zero-order valence-electron chi connectivity index (χ0n) is 12.8. The molecule has 0 aliphatic carbocycles. The van der Waals surface area contributed by atoms with Crippen LogP contribution in [0.1, 0.15) is 12.8 Å². The molecule has 0 radical (unpaired) electrons. The van der Waals surface area contributed by atoms with Crippen molar-refractivity contribution in [1.29, 1.82) is 0 Å². The summed E-state index contributed by atoms with van der Waals surface area (Å²) >= 11 is 0. The Morgan fingerprint density at radius 3 is 2.36 bits per heavy atom. The van der Waals surface area contributed by atoms with Crippen LogP contribution in [0.5, 0.6) is 0 Å². The number of sulfone groups is 1. The standard InChI is InChI=1S/C14H22N2O4S2/c1-15(2)22(19,20)16-10-6-7-13(11-16)12-21(17,18)14-8-4-3-5-9-14/h3-5,8-9,13H,6-7,10-12H2,1-2H3. The van der Waals surface area contributed by atoms with Gasteiger partial charge in [-0.2, -0.15) is 17.0 Å². The van der Waals surface area contributed by atoms with Crippen LogP contribution in [-0.4, -0.2) is 58.4 Å². The Hall–Kier alpha value is -0.960. The smallest absolute Gasteiger partial charge is 0.224 e. The van der Waals surface area contributed by atoms with Gasteiger partial charge >= 0.3 is 0 Å². The fraction of sp³-hybridized carbons (Fsp3) is 0.571. The Morgan fingerprint density at radius 2 is 1.77 bits per heavy atom. The van der Waals surface area contributed by atoms with Gasteiger partial charge in [0.1, 0.15) is 0 Å². The predicted octanol–water partition coefficient (Wildman–Crippen LogP) is 0.979. The zero-order valence-corrected chi connectivity index (χ0v) is 14.5. The van der Waals surface area contributed by atoms with Gasteiger partial charge in [0, 0.05) is 27.2 Å². The molecule has 6 nitrogen and oxygen atoms in total. The summed E-state index contributed by atoms with van der Waals surface area (Å²) in [6.07, 6.45) is 1.41. The van der Waals surface area contributed by atoms with Gasteiger partial charge in [-0.3, -0.25) is 0 Å². The molecular weight excluding hydrogens is 324 g/mol. The average Bonchev–Trinajstić information content (AvgIpc) is 2.48. The van der Waals surface area contributed by atoms with Crippen molar-refractivity contribution >= 4 is 20.0 Å². The fourth-order valence-electron chi connectivity index (χ4n) is 2.64. The van der Waals surface area contributed by atoms with Gasteiger partial charge in [-0.15, -0.1) is 0 Å². The Labute approximate surface area is 132 Å². The summed E-state index contributed by atoms with van der Waals surface area (Å²) in [7, 11) is -3.89. The maximum absolute atomic E-state index is 12.4. The molecule has 0 bridgehead atoms. The van der Waals surface area contributed by atoms with Crippen molar-refractivity contribution in [2.45, 2.75) is 17.7 Å². The highest BCUT2D eigenvalue weighted by atomic mass is 32.2. The van der Waals surface area contributed by atoms with Crippen molar-refractivity contribution in [3.8, 4) is 0 Å². The van der Waals surface area contributed by atoms with E-state index < -0.39 is 20.0 Å². The van der Waals surface area contributed by atoms with E-state index in [9.17, 15) is 16.8 Å². The lowest BCUT2D eigenvalue weighted by Crippen LogP contribution is -2.46. The van der Waals surface area contributed by atoms with Crippen molar-refractivity contribution in [1.82, 2.24) is 8.61 Å². The summed E-state index contributed by atoms with van der Waals surface area (Å²) in [6, 6.07) is 8.30. The number of hydrogen-bond acceptors (Lipinski definition) is 4. The van der Waals surface area contributed by atoms with Crippen LogP contribution >= 0.6 is 0 Å². The molecule has 1 heterocycles. The minimum atomic E-state index is -3.48. The average molecular weight is 346 g/mol. The van der Waals surface area contributed by atoms with Crippen LogP contribution in [0.25, 0.3) is 0 Å². The minimum Gasteiger partial charge on any atom is -0.224 e. The van der Waals surface area contributed by atoms with E-state index in [1.165, 1.54) is 22.7 Å². The molecular formula is C14H22N2O4S2. The molecule has 1 aromatic carbocycles. The van der Waals surface area contributed by atoms with Crippen LogP contribution in [-0.2, 0) is 20.0 Å². The molecule has 0 amide bonds. The summed E-state index contributed by atoms with van der Waals surface area (Å²) in [5, 5.41) is 0. The second-order valence-electron chi connectivity index (χ2n) is 5.75. The van der Waals surface area contributed by atoms with Crippen LogP contribution < -0.4 is 0 Å². The lowest BCUT2D eigenvalue weighted by Gasteiger charge is -2.33. The summed E-state index contributed by atoms with van der Waals surface area (Å²) in [5.74, 6) is -0.190. The molecule has 2 rings (SSSR count). The van der Waals surface area contributed by atoms with Crippen molar-refractivity contribution in [3.05, 3.63) is 30.3 Å². The first-order valence-corrected chi connectivity index (χ1v) is 10.2. The van der Waals surface area contributed by atoms with E-state index in [2.05, 4.69) is 0 Å². The van der Waals surface area contributed by atoms with Gasteiger partial charge in [0.25, 0.3) is 10.2 Å². The molecule has 0 spiro atoms. The lowest BCUT2D eigenvalue weighted by atomic mass is 10.0. The van der Waals surface area contributed by atoms with Crippen LogP contribution in [0.3, 0.4) is 0 Å². The number of nitrogens with zero attached hydrogens (tertiary/aromatic N) is 2. The van der Waals surface area contributed by atoms with Gasteiger partial charge in [0.15, 0.2) is 9.84 Å². The fourth-order valence-corrected chi connectivity index (χ4v) is 5.52. The highest BCUT2D eigenvalue weighted by Crippen LogP contribution is 2.24. The summed E-state index contributed by atoms with van der Waals surface area (Å²) < 4.78 is 51.7. The van der Waals surface area contributed by atoms with E-state index in [0.29, 0.717) is 17.9 Å². The summed E-state index contributed by atoms with van der Waals surface area (Å²) in [5.41, 5.74) is 0. The molecule has 1 aliphatic rings. The van der Waals surface area contributed by atoms with Crippen LogP contribution in [0.2, 0.25) is 0 Å². The third-order valence-electron chi connectivity index (χ3n) is 3.83. The first-order valence-electron chi connectivity index (χ1n) is 7.19. The molecule has 8 heteroatoms. The van der Waals surface area contributed by atoms with E-state index in [1.54, 1.807) is 30.3 Å². The third-order valence-corrected chi connectivity index (χ3v) is 7.63. The van der Waals surface area contributed by atoms with E-state index >= 15 is 0 Å². The quantitative estimate of drug-likeness (QED) is 0.796. The summed E-state index contributed by atoms with van der Waals surface area (Å²) in [4.78, 5) is 0.294. The second-order valence-corrected chi connectivity index (χ2v) is 9.93. The van der Waals surface area contributed by atoms with E-state index in [0.717, 1.165) is 6.42 Å². The Morgan fingerprint density at radius 1 is 1.14 bits per heavy atom. The van der Waals surface area contributed by atoms with Gasteiger partial charge in [-0.25, -0.2) is 8.42 Å². The molecule has 1 unspecified atom stereocenters. The Bertz CT molecular complexity index is 700. The third kappa shape index (κ3) is 3.87. The molecule has 1 atom stereocenters. The van der Waals surface area contributed by atoms with Crippen molar-refractivity contribution in [2.75, 3.05) is 32.9 Å². The molecule has 0 N–H and O–H groups in total. The SMILES string of the molecule is CN(C)S(=O)(=O)N1CCCC(CS(=O)(=O)c2ccccc2)C1. The predicted molar refractivity (Wildman–Crippen MR) is 85.4 cm³/mol. The molecule has 0 aromatic heterocycles. The van der Waals surface area contributed by atoms with Crippen molar-refractivity contribution < 1.29 is 16.8 Å². The minimum absolute atomic E-state index is 0.0174. The maximum Gasteiger partial charge on any atom is 0.281 e. The van der Waals surface area contributed by atoms with Crippen LogP contribution in [0.4, 0.5) is 0 Å². The number of hydrogen-bond donors (Lipinski definition) is 0. The number of benzene rings is 1. The molecule has 0 saturated carbocycles. The van der Waals surface area contributed by atoms with Gasteiger partial charge in [0.05, 0.1) is 10.6 Å². The highest BCUT2D eigenvalue weighted by Gasteiger charge is 2.32. The normalized spacial score (nSPS) is 21.1. The van der Waals surface area contributed by atoms with Gasteiger partial charge in [0.2, 0.25) is 0 Å². The number of piperidine rings is 1. The highest BCUT2D eigenvalue weighted by molar-refractivity contribution is 7.91. The van der Waals surface area contributed by atoms with E-state index in [-0.39, 0.29) is 18.2 Å². The van der Waals surface area contributed by atoms with Crippen molar-refractivity contribution in [3.63, 3.8) is 0 Å². The molecule has 22 heavy (non-hydrogen) atoms.